The van der Waals surface area contributed by atoms with E-state index >= 15 is 0 Å². The van der Waals surface area contributed by atoms with Crippen molar-refractivity contribution in [2.75, 3.05) is 32.9 Å². The predicted octanol–water partition coefficient (Wildman–Crippen LogP) is 4.62. The first kappa shape index (κ1) is 20.3. The van der Waals surface area contributed by atoms with Crippen LogP contribution in [-0.2, 0) is 15.9 Å². The van der Waals surface area contributed by atoms with Crippen LogP contribution in [0.25, 0.3) is 0 Å². The third-order valence-corrected chi connectivity index (χ3v) is 5.64. The number of morpholine rings is 1. The van der Waals surface area contributed by atoms with Gasteiger partial charge in [0.25, 0.3) is 0 Å². The number of hydrogen-bond donors (Lipinski definition) is 0. The second kappa shape index (κ2) is 10.2. The average Bonchev–Trinajstić information content (AvgIpc) is 2.59. The number of halogens is 3. The van der Waals surface area contributed by atoms with Crippen molar-refractivity contribution >= 4 is 35.6 Å². The molecule has 3 nitrogen and oxygen atoms in total. The smallest absolute Gasteiger partial charge is 0.0730 e. The molecule has 0 unspecified atom stereocenters. The van der Waals surface area contributed by atoms with Gasteiger partial charge >= 0.3 is 0 Å². The van der Waals surface area contributed by atoms with Gasteiger partial charge in [-0.2, -0.15) is 0 Å². The minimum absolute atomic E-state index is 0. The van der Waals surface area contributed by atoms with Crippen LogP contribution in [0.3, 0.4) is 0 Å². The number of benzene rings is 1. The lowest BCUT2D eigenvalue weighted by molar-refractivity contribution is -0.0647. The summed E-state index contributed by atoms with van der Waals surface area (Å²) in [6, 6.07) is 6.19. The summed E-state index contributed by atoms with van der Waals surface area (Å²) in [6.45, 7) is 4.42. The van der Waals surface area contributed by atoms with Gasteiger partial charge in [-0.05, 0) is 37.0 Å². The molecule has 1 heterocycles. The predicted molar refractivity (Wildman–Crippen MR) is 102 cm³/mol. The van der Waals surface area contributed by atoms with Crippen LogP contribution >= 0.6 is 35.6 Å². The van der Waals surface area contributed by atoms with E-state index in [4.69, 9.17) is 32.7 Å². The molecule has 1 aromatic rings. The number of ether oxygens (including phenoxy) is 2. The molecule has 0 spiro atoms. The maximum atomic E-state index is 6.26. The highest BCUT2D eigenvalue weighted by Gasteiger charge is 2.31. The van der Waals surface area contributed by atoms with E-state index in [2.05, 4.69) is 4.90 Å². The molecule has 24 heavy (non-hydrogen) atoms. The molecule has 1 aromatic carbocycles. The van der Waals surface area contributed by atoms with Crippen LogP contribution in [0, 0.1) is 0 Å². The molecule has 0 bridgehead atoms. The number of hydrogen-bond acceptors (Lipinski definition) is 3. The van der Waals surface area contributed by atoms with Crippen LogP contribution in [-0.4, -0.2) is 50.0 Å². The highest BCUT2D eigenvalue weighted by atomic mass is 35.5. The lowest BCUT2D eigenvalue weighted by atomic mass is 9.91. The highest BCUT2D eigenvalue weighted by molar-refractivity contribution is 6.35. The summed E-state index contributed by atoms with van der Waals surface area (Å²) in [7, 11) is 0. The Bertz CT molecular complexity index is 489. The van der Waals surface area contributed by atoms with Crippen LogP contribution in [0.2, 0.25) is 10.0 Å². The van der Waals surface area contributed by atoms with Crippen molar-refractivity contribution in [1.29, 1.82) is 0 Å². The van der Waals surface area contributed by atoms with Gasteiger partial charge in [0.1, 0.15) is 0 Å². The SMILES string of the molecule is Cl.Clc1cccc(Cl)c1CCO[C@H]1CCCC[C@@H]1N1CCOCC1. The molecule has 1 aliphatic carbocycles. The third-order valence-electron chi connectivity index (χ3n) is 4.93. The van der Waals surface area contributed by atoms with E-state index in [-0.39, 0.29) is 12.4 Å². The van der Waals surface area contributed by atoms with Gasteiger partial charge in [-0.3, -0.25) is 4.90 Å². The fourth-order valence-electron chi connectivity index (χ4n) is 3.68. The van der Waals surface area contributed by atoms with E-state index in [0.29, 0.717) is 18.8 Å². The first-order chi connectivity index (χ1) is 11.3. The lowest BCUT2D eigenvalue weighted by Gasteiger charge is -2.41. The minimum atomic E-state index is 0. The Morgan fingerprint density at radius 3 is 2.46 bits per heavy atom. The Morgan fingerprint density at radius 2 is 1.75 bits per heavy atom. The Kier molecular flexibility index (Phi) is 8.62. The molecule has 2 atom stereocenters. The van der Waals surface area contributed by atoms with Crippen molar-refractivity contribution in [3.8, 4) is 0 Å². The van der Waals surface area contributed by atoms with Gasteiger partial charge in [0.2, 0.25) is 0 Å². The Balaban J connectivity index is 0.00000208. The molecule has 0 N–H and O–H groups in total. The van der Waals surface area contributed by atoms with Gasteiger partial charge in [0, 0.05) is 29.2 Å². The molecule has 2 aliphatic rings. The average molecular weight is 395 g/mol. The lowest BCUT2D eigenvalue weighted by Crippen LogP contribution is -2.51. The van der Waals surface area contributed by atoms with Gasteiger partial charge < -0.3 is 9.47 Å². The molecule has 2 fully saturated rings. The minimum Gasteiger partial charge on any atom is -0.379 e. The van der Waals surface area contributed by atoms with Crippen LogP contribution in [0.1, 0.15) is 31.2 Å². The van der Waals surface area contributed by atoms with Crippen molar-refractivity contribution in [1.82, 2.24) is 4.90 Å². The summed E-state index contributed by atoms with van der Waals surface area (Å²) < 4.78 is 11.7. The van der Waals surface area contributed by atoms with Gasteiger partial charge in [-0.25, -0.2) is 0 Å². The molecule has 0 radical (unpaired) electrons. The standard InChI is InChI=1S/C18H25Cl2NO2.ClH/c19-15-4-3-5-16(20)14(15)8-11-23-18-7-2-1-6-17(18)21-9-12-22-13-10-21;/h3-5,17-18H,1-2,6-13H2;1H/t17-,18-;/m0./s1. The van der Waals surface area contributed by atoms with Crippen molar-refractivity contribution in [3.63, 3.8) is 0 Å². The molecule has 3 rings (SSSR count). The maximum Gasteiger partial charge on any atom is 0.0730 e. The Labute approximate surface area is 161 Å². The van der Waals surface area contributed by atoms with Crippen LogP contribution in [0.5, 0.6) is 0 Å². The van der Waals surface area contributed by atoms with Crippen molar-refractivity contribution in [2.24, 2.45) is 0 Å². The normalized spacial score (nSPS) is 25.2. The summed E-state index contributed by atoms with van der Waals surface area (Å²) in [4.78, 5) is 2.55. The summed E-state index contributed by atoms with van der Waals surface area (Å²) in [5, 5.41) is 1.46. The van der Waals surface area contributed by atoms with E-state index in [1.807, 2.05) is 18.2 Å². The van der Waals surface area contributed by atoms with Crippen LogP contribution < -0.4 is 0 Å². The molecule has 0 amide bonds. The van der Waals surface area contributed by atoms with Crippen LogP contribution in [0.4, 0.5) is 0 Å². The topological polar surface area (TPSA) is 21.7 Å². The first-order valence-electron chi connectivity index (χ1n) is 8.62. The van der Waals surface area contributed by atoms with Crippen molar-refractivity contribution in [3.05, 3.63) is 33.8 Å². The number of rotatable bonds is 5. The van der Waals surface area contributed by atoms with Gasteiger partial charge in [0.05, 0.1) is 25.9 Å². The van der Waals surface area contributed by atoms with E-state index in [0.717, 1.165) is 54.8 Å². The maximum absolute atomic E-state index is 6.26. The second-order valence-electron chi connectivity index (χ2n) is 6.36. The van der Waals surface area contributed by atoms with Gasteiger partial charge in [-0.15, -0.1) is 12.4 Å². The molecular weight excluding hydrogens is 369 g/mol. The Hall–Kier alpha value is -0.0300. The van der Waals surface area contributed by atoms with E-state index in [1.165, 1.54) is 19.3 Å². The van der Waals surface area contributed by atoms with E-state index in [9.17, 15) is 0 Å². The summed E-state index contributed by atoms with van der Waals surface area (Å²) in [5.74, 6) is 0. The molecule has 1 aliphatic heterocycles. The molecular formula is C18H26Cl3NO2. The fourth-order valence-corrected chi connectivity index (χ4v) is 4.27. The zero-order valence-corrected chi connectivity index (χ0v) is 16.2. The van der Waals surface area contributed by atoms with Crippen LogP contribution in [0.15, 0.2) is 18.2 Å². The fraction of sp³-hybridized carbons (Fsp3) is 0.667. The molecule has 136 valence electrons. The molecule has 1 saturated heterocycles. The van der Waals surface area contributed by atoms with Gasteiger partial charge in [-0.1, -0.05) is 42.1 Å². The number of nitrogens with zero attached hydrogens (tertiary/aromatic N) is 1. The zero-order valence-electron chi connectivity index (χ0n) is 13.9. The summed E-state index contributed by atoms with van der Waals surface area (Å²) in [5.41, 5.74) is 0.995. The molecule has 0 aromatic heterocycles. The van der Waals surface area contributed by atoms with Crippen molar-refractivity contribution in [2.45, 2.75) is 44.2 Å². The zero-order chi connectivity index (χ0) is 16.1. The largest absolute Gasteiger partial charge is 0.379 e. The Morgan fingerprint density at radius 1 is 1.08 bits per heavy atom. The van der Waals surface area contributed by atoms with Gasteiger partial charge in [0.15, 0.2) is 0 Å². The second-order valence-corrected chi connectivity index (χ2v) is 7.17. The van der Waals surface area contributed by atoms with E-state index in [1.54, 1.807) is 0 Å². The van der Waals surface area contributed by atoms with E-state index < -0.39 is 0 Å². The third kappa shape index (κ3) is 5.23. The van der Waals surface area contributed by atoms with Crippen molar-refractivity contribution < 1.29 is 9.47 Å². The molecule has 6 heteroatoms. The summed E-state index contributed by atoms with van der Waals surface area (Å²) >= 11 is 12.5. The summed E-state index contributed by atoms with van der Waals surface area (Å²) in [6.07, 6.45) is 6.04. The highest BCUT2D eigenvalue weighted by Crippen LogP contribution is 2.28. The molecule has 1 saturated carbocycles. The quantitative estimate of drug-likeness (QED) is 0.727. The first-order valence-corrected chi connectivity index (χ1v) is 9.37. The monoisotopic (exact) mass is 393 g/mol.